The molecule has 82 valence electrons. The maximum Gasteiger partial charge on any atom is 0.116 e. The van der Waals surface area contributed by atoms with Crippen LogP contribution in [0.15, 0.2) is 36.4 Å². The summed E-state index contributed by atoms with van der Waals surface area (Å²) in [4.78, 5) is 0. The van der Waals surface area contributed by atoms with E-state index in [-0.39, 0.29) is 12.0 Å². The van der Waals surface area contributed by atoms with Crippen LogP contribution in [0.4, 0.5) is 0 Å². The molecule has 0 aliphatic heterocycles. The molecule has 0 heterocycles. The van der Waals surface area contributed by atoms with Crippen LogP contribution in [0.25, 0.3) is 10.8 Å². The molecule has 2 nitrogen and oxygen atoms in total. The molecule has 0 atom stereocenters. The van der Waals surface area contributed by atoms with E-state index < -0.39 is 0 Å². The van der Waals surface area contributed by atoms with E-state index in [1.54, 1.807) is 12.1 Å². The van der Waals surface area contributed by atoms with Crippen molar-refractivity contribution in [2.75, 3.05) is 6.61 Å². The van der Waals surface area contributed by atoms with Crippen LogP contribution >= 0.6 is 0 Å². The highest BCUT2D eigenvalue weighted by atomic mass is 16.3. The maximum atomic E-state index is 9.45. The van der Waals surface area contributed by atoms with Gasteiger partial charge in [-0.1, -0.05) is 24.3 Å². The van der Waals surface area contributed by atoms with Gasteiger partial charge in [-0.25, -0.2) is 0 Å². The summed E-state index contributed by atoms with van der Waals surface area (Å²) in [6.45, 7) is 0.220. The summed E-state index contributed by atoms with van der Waals surface area (Å²) < 4.78 is 0. The molecule has 2 N–H and O–H groups in total. The largest absolute Gasteiger partial charge is 0.508 e. The molecule has 1 aliphatic rings. The van der Waals surface area contributed by atoms with Gasteiger partial charge in [0.25, 0.3) is 0 Å². The highest BCUT2D eigenvalue weighted by Gasteiger charge is 2.43. The topological polar surface area (TPSA) is 40.5 Å². The van der Waals surface area contributed by atoms with Crippen LogP contribution < -0.4 is 0 Å². The first-order valence-corrected chi connectivity index (χ1v) is 5.58. The highest BCUT2D eigenvalue weighted by Crippen LogP contribution is 2.48. The summed E-state index contributed by atoms with van der Waals surface area (Å²) in [6, 6.07) is 11.6. The number of rotatable bonds is 2. The summed E-state index contributed by atoms with van der Waals surface area (Å²) in [5.41, 5.74) is 1.19. The zero-order valence-corrected chi connectivity index (χ0v) is 8.98. The fourth-order valence-electron chi connectivity index (χ4n) is 2.25. The van der Waals surface area contributed by atoms with Crippen molar-refractivity contribution < 1.29 is 10.2 Å². The van der Waals surface area contributed by atoms with Crippen LogP contribution in [0, 0.1) is 0 Å². The monoisotopic (exact) mass is 214 g/mol. The average Bonchev–Trinajstić information content (AvgIpc) is 3.09. The lowest BCUT2D eigenvalue weighted by atomic mass is 9.94. The van der Waals surface area contributed by atoms with Crippen LogP contribution in [0.1, 0.15) is 18.4 Å². The van der Waals surface area contributed by atoms with Crippen molar-refractivity contribution in [3.63, 3.8) is 0 Å². The molecule has 0 bridgehead atoms. The number of aromatic hydroxyl groups is 1. The van der Waals surface area contributed by atoms with Crippen molar-refractivity contribution in [3.8, 4) is 5.75 Å². The van der Waals surface area contributed by atoms with Gasteiger partial charge in [0.1, 0.15) is 5.75 Å². The SMILES string of the molecule is OCC1(c2ccc3ccc(O)cc3c2)CC1. The first kappa shape index (κ1) is 9.67. The van der Waals surface area contributed by atoms with Crippen LogP contribution in [0.2, 0.25) is 0 Å². The van der Waals surface area contributed by atoms with Gasteiger partial charge in [0.2, 0.25) is 0 Å². The van der Waals surface area contributed by atoms with Crippen molar-refractivity contribution in [1.29, 1.82) is 0 Å². The van der Waals surface area contributed by atoms with Gasteiger partial charge in [0.05, 0.1) is 6.61 Å². The smallest absolute Gasteiger partial charge is 0.116 e. The van der Waals surface area contributed by atoms with Crippen molar-refractivity contribution in [2.24, 2.45) is 0 Å². The fourth-order valence-corrected chi connectivity index (χ4v) is 2.25. The van der Waals surface area contributed by atoms with E-state index in [2.05, 4.69) is 18.2 Å². The molecule has 1 aliphatic carbocycles. The second-order valence-corrected chi connectivity index (χ2v) is 4.68. The summed E-state index contributed by atoms with van der Waals surface area (Å²) in [6.07, 6.45) is 2.13. The maximum absolute atomic E-state index is 9.45. The third-order valence-corrected chi connectivity index (χ3v) is 3.59. The van der Waals surface area contributed by atoms with E-state index in [4.69, 9.17) is 0 Å². The molecule has 0 radical (unpaired) electrons. The number of aliphatic hydroxyl groups is 1. The predicted octanol–water partition coefficient (Wildman–Crippen LogP) is 2.57. The molecular weight excluding hydrogens is 200 g/mol. The molecule has 0 aromatic heterocycles. The van der Waals surface area contributed by atoms with Gasteiger partial charge in [0, 0.05) is 5.41 Å². The third-order valence-electron chi connectivity index (χ3n) is 3.59. The lowest BCUT2D eigenvalue weighted by Gasteiger charge is -2.12. The predicted molar refractivity (Wildman–Crippen MR) is 63.6 cm³/mol. The molecule has 2 heteroatoms. The highest BCUT2D eigenvalue weighted by molar-refractivity contribution is 5.84. The minimum Gasteiger partial charge on any atom is -0.508 e. The van der Waals surface area contributed by atoms with Gasteiger partial charge in [-0.3, -0.25) is 0 Å². The van der Waals surface area contributed by atoms with Gasteiger partial charge >= 0.3 is 0 Å². The van der Waals surface area contributed by atoms with E-state index in [9.17, 15) is 10.2 Å². The lowest BCUT2D eigenvalue weighted by molar-refractivity contribution is 0.255. The van der Waals surface area contributed by atoms with Gasteiger partial charge in [-0.2, -0.15) is 0 Å². The molecule has 3 rings (SSSR count). The molecule has 16 heavy (non-hydrogen) atoms. The Morgan fingerprint density at radius 3 is 2.44 bits per heavy atom. The van der Waals surface area contributed by atoms with Gasteiger partial charge < -0.3 is 10.2 Å². The van der Waals surface area contributed by atoms with Gasteiger partial charge in [-0.05, 0) is 41.3 Å². The number of phenols is 1. The van der Waals surface area contributed by atoms with Gasteiger partial charge in [-0.15, -0.1) is 0 Å². The van der Waals surface area contributed by atoms with Crippen molar-refractivity contribution >= 4 is 10.8 Å². The molecule has 1 saturated carbocycles. The summed E-state index contributed by atoms with van der Waals surface area (Å²) in [7, 11) is 0. The minimum absolute atomic E-state index is 0.000347. The second kappa shape index (κ2) is 3.22. The normalized spacial score (nSPS) is 17.6. The molecule has 2 aromatic rings. The Balaban J connectivity index is 2.15. The first-order valence-electron chi connectivity index (χ1n) is 5.58. The summed E-state index contributed by atoms with van der Waals surface area (Å²) >= 11 is 0. The average molecular weight is 214 g/mol. The molecule has 0 spiro atoms. The Morgan fingerprint density at radius 2 is 1.75 bits per heavy atom. The molecule has 1 fully saturated rings. The van der Waals surface area contributed by atoms with Crippen molar-refractivity contribution in [1.82, 2.24) is 0 Å². The quantitative estimate of drug-likeness (QED) is 0.806. The second-order valence-electron chi connectivity index (χ2n) is 4.68. The van der Waals surface area contributed by atoms with E-state index in [1.807, 2.05) is 6.07 Å². The first-order chi connectivity index (χ1) is 7.73. The Hall–Kier alpha value is -1.54. The molecule has 0 amide bonds. The van der Waals surface area contributed by atoms with E-state index in [0.29, 0.717) is 5.75 Å². The number of hydrogen-bond acceptors (Lipinski definition) is 2. The number of fused-ring (bicyclic) bond motifs is 1. The van der Waals surface area contributed by atoms with Crippen LogP contribution in [-0.4, -0.2) is 16.8 Å². The van der Waals surface area contributed by atoms with Crippen LogP contribution in [0.5, 0.6) is 5.75 Å². The van der Waals surface area contributed by atoms with Crippen LogP contribution in [-0.2, 0) is 5.41 Å². The zero-order valence-electron chi connectivity index (χ0n) is 8.98. The van der Waals surface area contributed by atoms with E-state index in [1.165, 1.54) is 5.56 Å². The van der Waals surface area contributed by atoms with Crippen molar-refractivity contribution in [2.45, 2.75) is 18.3 Å². The minimum atomic E-state index is -0.000347. The third kappa shape index (κ3) is 1.38. The summed E-state index contributed by atoms with van der Waals surface area (Å²) in [5, 5.41) is 21.0. The molecular formula is C14H14O2. The van der Waals surface area contributed by atoms with Crippen molar-refractivity contribution in [3.05, 3.63) is 42.0 Å². The molecule has 0 saturated heterocycles. The summed E-state index contributed by atoms with van der Waals surface area (Å²) in [5.74, 6) is 0.290. The molecule has 2 aromatic carbocycles. The van der Waals surface area contributed by atoms with Crippen LogP contribution in [0.3, 0.4) is 0 Å². The Labute approximate surface area is 94.2 Å². The standard InChI is InChI=1S/C14H14O2/c15-9-14(5-6-14)12-3-1-10-2-4-13(16)8-11(10)7-12/h1-4,7-8,15-16H,5-6,9H2. The van der Waals surface area contributed by atoms with E-state index >= 15 is 0 Å². The van der Waals surface area contributed by atoms with E-state index in [0.717, 1.165) is 23.6 Å². The Morgan fingerprint density at radius 1 is 1.00 bits per heavy atom. The van der Waals surface area contributed by atoms with Gasteiger partial charge in [0.15, 0.2) is 0 Å². The Bertz CT molecular complexity index is 541. The lowest BCUT2D eigenvalue weighted by Crippen LogP contribution is -2.11. The molecule has 0 unspecified atom stereocenters. The number of benzene rings is 2. The fraction of sp³-hybridized carbons (Fsp3) is 0.286. The zero-order chi connectivity index (χ0) is 11.2. The Kier molecular flexibility index (Phi) is 1.95. The number of phenolic OH excluding ortho intramolecular Hbond substituents is 1. The number of hydrogen-bond donors (Lipinski definition) is 2. The number of aliphatic hydroxyl groups excluding tert-OH is 1.